The molecule has 2 aromatic carbocycles. The number of rotatable bonds is 6. The molecular weight excluding hydrogens is 369 g/mol. The van der Waals surface area contributed by atoms with Gasteiger partial charge in [-0.3, -0.25) is 4.79 Å². The molecule has 0 aliphatic rings. The van der Waals surface area contributed by atoms with Gasteiger partial charge in [0.15, 0.2) is 0 Å². The first-order valence-corrected chi connectivity index (χ1v) is 8.93. The molecule has 140 valence electrons. The van der Waals surface area contributed by atoms with E-state index in [1.54, 1.807) is 0 Å². The minimum atomic E-state index is -0.582. The van der Waals surface area contributed by atoms with Gasteiger partial charge in [0.1, 0.15) is 5.82 Å². The van der Waals surface area contributed by atoms with Gasteiger partial charge in [-0.2, -0.15) is 4.80 Å². The lowest BCUT2D eigenvalue weighted by Crippen LogP contribution is -2.16. The van der Waals surface area contributed by atoms with E-state index >= 15 is 0 Å². The van der Waals surface area contributed by atoms with Crippen LogP contribution >= 0.6 is 11.6 Å². The summed E-state index contributed by atoms with van der Waals surface area (Å²) in [6.45, 7) is 4.49. The Hall–Kier alpha value is -2.80. The number of aryl methyl sites for hydroxylation is 1. The zero-order chi connectivity index (χ0) is 19.4. The Balaban J connectivity index is 1.58. The number of carbonyl (C=O) groups excluding carboxylic acids is 1. The fourth-order valence-electron chi connectivity index (χ4n) is 2.48. The smallest absolute Gasteiger partial charge is 0.226 e. The maximum absolute atomic E-state index is 13.7. The number of amides is 1. The van der Waals surface area contributed by atoms with E-state index in [1.165, 1.54) is 22.5 Å². The predicted molar refractivity (Wildman–Crippen MR) is 102 cm³/mol. The second-order valence-electron chi connectivity index (χ2n) is 6.41. The van der Waals surface area contributed by atoms with Crippen LogP contribution in [0.15, 0.2) is 42.5 Å². The quantitative estimate of drug-likeness (QED) is 0.685. The van der Waals surface area contributed by atoms with E-state index in [0.717, 1.165) is 11.6 Å². The molecular formula is C19H19ClFN5O. The molecule has 0 bridgehead atoms. The predicted octanol–water partition coefficient (Wildman–Crippen LogP) is 4.28. The minimum absolute atomic E-state index is 0.0851. The van der Waals surface area contributed by atoms with Gasteiger partial charge in [0.25, 0.3) is 0 Å². The van der Waals surface area contributed by atoms with Crippen LogP contribution in [0.1, 0.15) is 31.7 Å². The summed E-state index contributed by atoms with van der Waals surface area (Å²) < 4.78 is 13.7. The first-order chi connectivity index (χ1) is 12.9. The molecule has 1 heterocycles. The number of carbonyl (C=O) groups is 1. The topological polar surface area (TPSA) is 72.7 Å². The van der Waals surface area contributed by atoms with Gasteiger partial charge in [0.05, 0.1) is 12.2 Å². The molecule has 0 spiro atoms. The summed E-state index contributed by atoms with van der Waals surface area (Å²) in [5, 5.41) is 15.0. The molecule has 1 aromatic heterocycles. The maximum Gasteiger partial charge on any atom is 0.226 e. The monoisotopic (exact) mass is 387 g/mol. The van der Waals surface area contributed by atoms with Gasteiger partial charge in [-0.15, -0.1) is 10.2 Å². The van der Waals surface area contributed by atoms with Crippen LogP contribution in [0.25, 0.3) is 11.4 Å². The van der Waals surface area contributed by atoms with E-state index in [4.69, 9.17) is 11.6 Å². The van der Waals surface area contributed by atoms with Crippen LogP contribution in [0.5, 0.6) is 0 Å². The Labute approximate surface area is 161 Å². The molecule has 8 heteroatoms. The third kappa shape index (κ3) is 4.89. The number of hydrogen-bond donors (Lipinski definition) is 1. The highest BCUT2D eigenvalue weighted by Gasteiger charge is 2.10. The average molecular weight is 388 g/mol. The Morgan fingerprint density at radius 2 is 1.96 bits per heavy atom. The van der Waals surface area contributed by atoms with Crippen LogP contribution in [0.3, 0.4) is 0 Å². The normalized spacial score (nSPS) is 11.0. The zero-order valence-electron chi connectivity index (χ0n) is 15.0. The van der Waals surface area contributed by atoms with Crippen LogP contribution in [0.2, 0.25) is 5.02 Å². The van der Waals surface area contributed by atoms with Crippen molar-refractivity contribution in [1.82, 2.24) is 20.2 Å². The Morgan fingerprint density at radius 3 is 2.63 bits per heavy atom. The van der Waals surface area contributed by atoms with E-state index in [-0.39, 0.29) is 29.6 Å². The number of hydrogen-bond acceptors (Lipinski definition) is 4. The minimum Gasteiger partial charge on any atom is -0.324 e. The van der Waals surface area contributed by atoms with Gasteiger partial charge in [-0.25, -0.2) is 4.39 Å². The highest BCUT2D eigenvalue weighted by Crippen LogP contribution is 2.20. The maximum atomic E-state index is 13.7. The van der Waals surface area contributed by atoms with Gasteiger partial charge < -0.3 is 5.32 Å². The van der Waals surface area contributed by atoms with E-state index in [2.05, 4.69) is 34.6 Å². The first-order valence-electron chi connectivity index (χ1n) is 8.55. The molecule has 6 nitrogen and oxygen atoms in total. The van der Waals surface area contributed by atoms with Crippen LogP contribution in [0, 0.1) is 5.82 Å². The summed E-state index contributed by atoms with van der Waals surface area (Å²) in [5.41, 5.74) is 2.18. The molecule has 0 radical (unpaired) electrons. The molecule has 0 aliphatic heterocycles. The number of anilines is 1. The number of nitrogens with zero attached hydrogens (tertiary/aromatic N) is 4. The average Bonchev–Trinajstić information content (AvgIpc) is 3.11. The largest absolute Gasteiger partial charge is 0.324 e. The molecule has 27 heavy (non-hydrogen) atoms. The third-order valence-corrected chi connectivity index (χ3v) is 4.27. The second kappa shape index (κ2) is 8.26. The lowest BCUT2D eigenvalue weighted by Gasteiger charge is -2.06. The molecule has 0 aliphatic carbocycles. The van der Waals surface area contributed by atoms with Crippen molar-refractivity contribution < 1.29 is 9.18 Å². The standard InChI is InChI=1S/C19H19ClFN5O/c1-12(2)13-3-5-14(6-4-13)19-23-25-26(24-19)10-9-18(27)22-17-8-7-15(20)11-16(17)21/h3-8,11-12H,9-10H2,1-2H3,(H,22,27). The van der Waals surface area contributed by atoms with Gasteiger partial charge >= 0.3 is 0 Å². The molecule has 0 atom stereocenters. The summed E-state index contributed by atoms with van der Waals surface area (Å²) in [6, 6.07) is 12.0. The van der Waals surface area contributed by atoms with Crippen LogP contribution in [-0.4, -0.2) is 26.1 Å². The Bertz CT molecular complexity index is 940. The van der Waals surface area contributed by atoms with Gasteiger partial charge in [-0.05, 0) is 34.9 Å². The molecule has 3 rings (SSSR count). The number of tetrazole rings is 1. The van der Waals surface area contributed by atoms with Crippen molar-refractivity contribution in [3.63, 3.8) is 0 Å². The Morgan fingerprint density at radius 1 is 1.22 bits per heavy atom. The molecule has 3 aromatic rings. The molecule has 0 unspecified atom stereocenters. The Kier molecular flexibility index (Phi) is 5.81. The van der Waals surface area contributed by atoms with Crippen molar-refractivity contribution in [2.24, 2.45) is 0 Å². The number of benzene rings is 2. The number of nitrogens with one attached hydrogen (secondary N) is 1. The van der Waals surface area contributed by atoms with Crippen molar-refractivity contribution in [2.75, 3.05) is 5.32 Å². The third-order valence-electron chi connectivity index (χ3n) is 4.03. The summed E-state index contributed by atoms with van der Waals surface area (Å²) in [4.78, 5) is 13.4. The van der Waals surface area contributed by atoms with Crippen molar-refractivity contribution in [3.8, 4) is 11.4 Å². The second-order valence-corrected chi connectivity index (χ2v) is 6.84. The van der Waals surface area contributed by atoms with E-state index in [0.29, 0.717) is 11.7 Å². The van der Waals surface area contributed by atoms with Gasteiger partial charge in [0.2, 0.25) is 11.7 Å². The van der Waals surface area contributed by atoms with Crippen molar-refractivity contribution in [1.29, 1.82) is 0 Å². The fraction of sp³-hybridized carbons (Fsp3) is 0.263. The summed E-state index contributed by atoms with van der Waals surface area (Å²) in [6.07, 6.45) is 0.0875. The van der Waals surface area contributed by atoms with Crippen molar-refractivity contribution in [2.45, 2.75) is 32.7 Å². The molecule has 1 N–H and O–H groups in total. The zero-order valence-corrected chi connectivity index (χ0v) is 15.7. The summed E-state index contributed by atoms with van der Waals surface area (Å²) >= 11 is 5.69. The number of halogens is 2. The van der Waals surface area contributed by atoms with E-state index in [1.807, 2.05) is 24.3 Å². The molecule has 0 saturated heterocycles. The van der Waals surface area contributed by atoms with Gasteiger partial charge in [0, 0.05) is 17.0 Å². The summed E-state index contributed by atoms with van der Waals surface area (Å²) in [5.74, 6) is 0.0133. The highest BCUT2D eigenvalue weighted by molar-refractivity contribution is 6.30. The first kappa shape index (κ1) is 19.0. The molecule has 0 fully saturated rings. The number of aromatic nitrogens is 4. The lowest BCUT2D eigenvalue weighted by atomic mass is 10.0. The molecule has 0 saturated carbocycles. The van der Waals surface area contributed by atoms with E-state index in [9.17, 15) is 9.18 Å². The van der Waals surface area contributed by atoms with Crippen molar-refractivity contribution >= 4 is 23.2 Å². The van der Waals surface area contributed by atoms with Crippen molar-refractivity contribution in [3.05, 3.63) is 58.9 Å². The van der Waals surface area contributed by atoms with Crippen LogP contribution in [-0.2, 0) is 11.3 Å². The molecule has 1 amide bonds. The van der Waals surface area contributed by atoms with Crippen LogP contribution in [0.4, 0.5) is 10.1 Å². The SMILES string of the molecule is CC(C)c1ccc(-c2nnn(CCC(=O)Nc3ccc(Cl)cc3F)n2)cc1. The van der Waals surface area contributed by atoms with E-state index < -0.39 is 5.82 Å². The summed E-state index contributed by atoms with van der Waals surface area (Å²) in [7, 11) is 0. The highest BCUT2D eigenvalue weighted by atomic mass is 35.5. The van der Waals surface area contributed by atoms with Crippen LogP contribution < -0.4 is 5.32 Å². The van der Waals surface area contributed by atoms with Gasteiger partial charge in [-0.1, -0.05) is 49.7 Å². The lowest BCUT2D eigenvalue weighted by molar-refractivity contribution is -0.116. The fourth-order valence-corrected chi connectivity index (χ4v) is 2.63.